The van der Waals surface area contributed by atoms with E-state index in [1.807, 2.05) is 7.05 Å². The highest BCUT2D eigenvalue weighted by Crippen LogP contribution is 2.37. The lowest BCUT2D eigenvalue weighted by molar-refractivity contribution is -0.116. The topological polar surface area (TPSA) is 41.1 Å². The van der Waals surface area contributed by atoms with Crippen LogP contribution in [0.4, 0.5) is 5.00 Å². The van der Waals surface area contributed by atoms with Gasteiger partial charge in [0.1, 0.15) is 0 Å². The molecular weight excluding hydrogens is 232 g/mol. The molecule has 0 saturated heterocycles. The smallest absolute Gasteiger partial charge is 0.226 e. The van der Waals surface area contributed by atoms with Gasteiger partial charge < -0.3 is 10.6 Å². The molecule has 0 atom stereocenters. The Kier molecular flexibility index (Phi) is 4.18. The highest BCUT2D eigenvalue weighted by atomic mass is 32.1. The third kappa shape index (κ3) is 2.87. The summed E-state index contributed by atoms with van der Waals surface area (Å²) < 4.78 is 0. The van der Waals surface area contributed by atoms with Crippen LogP contribution in [-0.4, -0.2) is 19.5 Å². The zero-order valence-corrected chi connectivity index (χ0v) is 11.4. The first-order valence-electron chi connectivity index (χ1n) is 6.28. The van der Waals surface area contributed by atoms with Crippen molar-refractivity contribution >= 4 is 22.2 Å². The lowest BCUT2D eigenvalue weighted by atomic mass is 9.96. The van der Waals surface area contributed by atoms with E-state index in [0.717, 1.165) is 11.5 Å². The van der Waals surface area contributed by atoms with E-state index in [-0.39, 0.29) is 5.91 Å². The highest BCUT2D eigenvalue weighted by molar-refractivity contribution is 7.16. The average molecular weight is 252 g/mol. The number of amides is 1. The molecule has 0 unspecified atom stereocenters. The first-order chi connectivity index (χ1) is 8.22. The molecule has 1 heterocycles. The number of hydrogen-bond donors (Lipinski definition) is 2. The second-order valence-corrected chi connectivity index (χ2v) is 5.67. The molecule has 0 aromatic carbocycles. The molecular formula is C13H20N2OS. The molecule has 2 N–H and O–H groups in total. The van der Waals surface area contributed by atoms with Crippen LogP contribution in [0.15, 0.2) is 0 Å². The Hall–Kier alpha value is -0.870. The molecule has 1 aromatic rings. The van der Waals surface area contributed by atoms with Gasteiger partial charge >= 0.3 is 0 Å². The van der Waals surface area contributed by atoms with Crippen molar-refractivity contribution in [1.29, 1.82) is 0 Å². The zero-order chi connectivity index (χ0) is 12.3. The fraction of sp³-hybridized carbons (Fsp3) is 0.615. The van der Waals surface area contributed by atoms with E-state index in [1.165, 1.54) is 41.7 Å². The second kappa shape index (κ2) is 5.65. The van der Waals surface area contributed by atoms with Gasteiger partial charge in [-0.25, -0.2) is 0 Å². The molecule has 1 aliphatic rings. The maximum Gasteiger partial charge on any atom is 0.226 e. The first-order valence-corrected chi connectivity index (χ1v) is 7.09. The van der Waals surface area contributed by atoms with Crippen LogP contribution < -0.4 is 10.6 Å². The van der Waals surface area contributed by atoms with E-state index >= 15 is 0 Å². The Morgan fingerprint density at radius 3 is 2.82 bits per heavy atom. The first kappa shape index (κ1) is 12.6. The minimum absolute atomic E-state index is 0.112. The Balaban J connectivity index is 2.06. The van der Waals surface area contributed by atoms with Gasteiger partial charge in [-0.3, -0.25) is 4.79 Å². The van der Waals surface area contributed by atoms with Gasteiger partial charge in [-0.15, -0.1) is 11.3 Å². The van der Waals surface area contributed by atoms with Crippen LogP contribution in [0.2, 0.25) is 0 Å². The number of carbonyl (C=O) groups excluding carboxylic acids is 1. The fourth-order valence-corrected chi connectivity index (χ4v) is 3.58. The molecule has 1 amide bonds. The second-order valence-electron chi connectivity index (χ2n) is 4.57. The standard InChI is InChI=1S/C13H20N2OS/c1-9-10-5-3-4-6-11(10)17-13(9)15-12(16)7-8-14-2/h14H,3-8H2,1-2H3,(H,15,16). The molecule has 0 saturated carbocycles. The molecule has 4 heteroatoms. The van der Waals surface area contributed by atoms with Crippen molar-refractivity contribution in [3.05, 3.63) is 16.0 Å². The van der Waals surface area contributed by atoms with Crippen LogP contribution in [0.1, 0.15) is 35.3 Å². The van der Waals surface area contributed by atoms with Crippen LogP contribution in [0.3, 0.4) is 0 Å². The van der Waals surface area contributed by atoms with Crippen LogP contribution >= 0.6 is 11.3 Å². The van der Waals surface area contributed by atoms with Gasteiger partial charge in [0, 0.05) is 17.8 Å². The van der Waals surface area contributed by atoms with Crippen molar-refractivity contribution < 1.29 is 4.79 Å². The minimum atomic E-state index is 0.112. The van der Waals surface area contributed by atoms with E-state index in [9.17, 15) is 4.79 Å². The van der Waals surface area contributed by atoms with Gasteiger partial charge in [0.25, 0.3) is 0 Å². The van der Waals surface area contributed by atoms with Crippen LogP contribution in [-0.2, 0) is 17.6 Å². The predicted molar refractivity (Wildman–Crippen MR) is 72.9 cm³/mol. The van der Waals surface area contributed by atoms with E-state index in [1.54, 1.807) is 11.3 Å². The number of hydrogen-bond acceptors (Lipinski definition) is 3. The van der Waals surface area contributed by atoms with Crippen LogP contribution in [0.25, 0.3) is 0 Å². The molecule has 0 bridgehead atoms. The average Bonchev–Trinajstić information content (AvgIpc) is 2.64. The minimum Gasteiger partial charge on any atom is -0.319 e. The summed E-state index contributed by atoms with van der Waals surface area (Å²) in [5, 5.41) is 7.10. The van der Waals surface area contributed by atoms with Crippen molar-refractivity contribution in [3.63, 3.8) is 0 Å². The quantitative estimate of drug-likeness (QED) is 0.864. The maximum atomic E-state index is 11.7. The molecule has 1 aromatic heterocycles. The van der Waals surface area contributed by atoms with Crippen molar-refractivity contribution in [3.8, 4) is 0 Å². The normalized spacial score (nSPS) is 14.5. The third-order valence-corrected chi connectivity index (χ3v) is 4.60. The number of anilines is 1. The number of fused-ring (bicyclic) bond motifs is 1. The predicted octanol–water partition coefficient (Wildman–Crippen LogP) is 2.48. The van der Waals surface area contributed by atoms with E-state index < -0.39 is 0 Å². The van der Waals surface area contributed by atoms with E-state index in [0.29, 0.717) is 6.42 Å². The SMILES string of the molecule is CNCCC(=O)Nc1sc2c(c1C)CCCC2. The molecule has 94 valence electrons. The fourth-order valence-electron chi connectivity index (χ4n) is 2.27. The van der Waals surface area contributed by atoms with Gasteiger partial charge in [0.15, 0.2) is 0 Å². The number of carbonyl (C=O) groups is 1. The van der Waals surface area contributed by atoms with Gasteiger partial charge in [-0.2, -0.15) is 0 Å². The maximum absolute atomic E-state index is 11.7. The number of nitrogens with one attached hydrogen (secondary N) is 2. The van der Waals surface area contributed by atoms with E-state index in [4.69, 9.17) is 0 Å². The van der Waals surface area contributed by atoms with E-state index in [2.05, 4.69) is 17.6 Å². The van der Waals surface area contributed by atoms with Gasteiger partial charge in [0.2, 0.25) is 5.91 Å². The molecule has 17 heavy (non-hydrogen) atoms. The van der Waals surface area contributed by atoms with Gasteiger partial charge in [-0.1, -0.05) is 0 Å². The third-order valence-electron chi connectivity index (χ3n) is 3.29. The van der Waals surface area contributed by atoms with Crippen molar-refractivity contribution in [2.45, 2.75) is 39.0 Å². The van der Waals surface area contributed by atoms with Crippen molar-refractivity contribution in [1.82, 2.24) is 5.32 Å². The monoisotopic (exact) mass is 252 g/mol. The summed E-state index contributed by atoms with van der Waals surface area (Å²) in [6.45, 7) is 2.87. The largest absolute Gasteiger partial charge is 0.319 e. The molecule has 0 fully saturated rings. The summed E-state index contributed by atoms with van der Waals surface area (Å²) in [7, 11) is 1.86. The Bertz CT molecular complexity index is 412. The summed E-state index contributed by atoms with van der Waals surface area (Å²) in [4.78, 5) is 13.2. The highest BCUT2D eigenvalue weighted by Gasteiger charge is 2.18. The molecule has 1 aliphatic carbocycles. The molecule has 2 rings (SSSR count). The van der Waals surface area contributed by atoms with Crippen molar-refractivity contribution in [2.24, 2.45) is 0 Å². The lowest BCUT2D eigenvalue weighted by Crippen LogP contribution is -2.18. The summed E-state index contributed by atoms with van der Waals surface area (Å²) in [6.07, 6.45) is 5.49. The van der Waals surface area contributed by atoms with Crippen LogP contribution in [0, 0.1) is 6.92 Å². The Morgan fingerprint density at radius 1 is 1.35 bits per heavy atom. The Labute approximate surface area is 107 Å². The molecule has 3 nitrogen and oxygen atoms in total. The summed E-state index contributed by atoms with van der Waals surface area (Å²) in [5.41, 5.74) is 2.78. The molecule has 0 aliphatic heterocycles. The van der Waals surface area contributed by atoms with Crippen LogP contribution in [0.5, 0.6) is 0 Å². The molecule has 0 spiro atoms. The molecule has 0 radical (unpaired) electrons. The summed E-state index contributed by atoms with van der Waals surface area (Å²) in [6, 6.07) is 0. The summed E-state index contributed by atoms with van der Waals surface area (Å²) in [5.74, 6) is 0.112. The summed E-state index contributed by atoms with van der Waals surface area (Å²) >= 11 is 1.77. The lowest BCUT2D eigenvalue weighted by Gasteiger charge is -2.10. The Morgan fingerprint density at radius 2 is 2.12 bits per heavy atom. The number of rotatable bonds is 4. The zero-order valence-electron chi connectivity index (χ0n) is 10.6. The van der Waals surface area contributed by atoms with Crippen molar-refractivity contribution in [2.75, 3.05) is 18.9 Å². The van der Waals surface area contributed by atoms with Gasteiger partial charge in [-0.05, 0) is 50.8 Å². The van der Waals surface area contributed by atoms with Gasteiger partial charge in [0.05, 0.1) is 5.00 Å². The number of thiophene rings is 1. The number of aryl methyl sites for hydroxylation is 1.